The molecular weight excluding hydrogens is 569 g/mol. The van der Waals surface area contributed by atoms with Gasteiger partial charge in [-0.15, -0.1) is 0 Å². The molecule has 4 aromatic rings. The van der Waals surface area contributed by atoms with Crippen molar-refractivity contribution >= 4 is 45.9 Å². The summed E-state index contributed by atoms with van der Waals surface area (Å²) < 4.78 is 33.9. The minimum Gasteiger partial charge on any atom is -0.382 e. The van der Waals surface area contributed by atoms with E-state index in [1.165, 1.54) is 6.33 Å². The van der Waals surface area contributed by atoms with Crippen LogP contribution in [0, 0.1) is 0 Å². The van der Waals surface area contributed by atoms with Gasteiger partial charge in [0.25, 0.3) is 0 Å². The molecule has 0 radical (unpaired) electrons. The van der Waals surface area contributed by atoms with Crippen LogP contribution in [-0.2, 0) is 35.1 Å². The Labute approximate surface area is 240 Å². The maximum absolute atomic E-state index is 6.58. The van der Waals surface area contributed by atoms with Gasteiger partial charge in [-0.3, -0.25) is 4.57 Å². The van der Waals surface area contributed by atoms with Gasteiger partial charge < -0.3 is 29.0 Å². The van der Waals surface area contributed by atoms with Crippen molar-refractivity contribution in [3.8, 4) is 0 Å². The summed E-state index contributed by atoms with van der Waals surface area (Å²) in [5, 5.41) is 0.00637. The van der Waals surface area contributed by atoms with Crippen LogP contribution in [0.5, 0.6) is 0 Å². The van der Waals surface area contributed by atoms with E-state index in [2.05, 4.69) is 39.2 Å². The van der Waals surface area contributed by atoms with Gasteiger partial charge in [0.15, 0.2) is 23.5 Å². The predicted molar refractivity (Wildman–Crippen MR) is 155 cm³/mol. The Kier molecular flexibility index (Phi) is 6.72. The fraction of sp³-hybridized carbons (Fsp3) is 0.370. The first kappa shape index (κ1) is 26.5. The Balaban J connectivity index is 1.14. The standard InChI is InChI=1S/C27H28N5O5PS2/c1-27(2)35-21-18(34-26(22(21)36-27)32-15-31-19-24(28)29-14-30-25(19)32)13-33-38(39)37-20(16-9-5-3-6-10-16)23(40-38)17-11-7-4-8-12-17/h3-12,14-15,18,20-23,26H,13H2,1-2H3,(H2,28,29,30)/t18-,20-,21-,22-,23+,26-,38?/m1/s1. The number of nitrogens with zero attached hydrogens (tertiary/aromatic N) is 4. The number of hydrogen-bond donors (Lipinski definition) is 1. The summed E-state index contributed by atoms with van der Waals surface area (Å²) in [4.78, 5) is 12.8. The van der Waals surface area contributed by atoms with E-state index in [-0.39, 0.29) is 24.1 Å². The zero-order valence-corrected chi connectivity index (χ0v) is 24.3. The van der Waals surface area contributed by atoms with Crippen LogP contribution >= 0.6 is 17.1 Å². The molecule has 3 aliphatic heterocycles. The molecular formula is C27H28N5O5PS2. The average Bonchev–Trinajstić information content (AvgIpc) is 3.70. The number of anilines is 1. The van der Waals surface area contributed by atoms with Crippen LogP contribution in [-0.4, -0.2) is 50.2 Å². The minimum atomic E-state index is -2.74. The van der Waals surface area contributed by atoms with E-state index in [1.54, 1.807) is 17.7 Å². The number of imidazole rings is 1. The van der Waals surface area contributed by atoms with Crippen molar-refractivity contribution in [3.05, 3.63) is 84.4 Å². The molecule has 0 bridgehead atoms. The molecule has 13 heteroatoms. The largest absolute Gasteiger partial charge is 0.382 e. The topological polar surface area (TPSA) is 116 Å². The molecule has 0 aliphatic carbocycles. The van der Waals surface area contributed by atoms with E-state index in [4.69, 9.17) is 40.8 Å². The highest BCUT2D eigenvalue weighted by atomic mass is 32.9. The second-order valence-corrected chi connectivity index (χ2v) is 16.6. The maximum atomic E-state index is 6.58. The summed E-state index contributed by atoms with van der Waals surface area (Å²) in [7, 11) is 0. The molecule has 5 heterocycles. The lowest BCUT2D eigenvalue weighted by molar-refractivity contribution is -0.198. The van der Waals surface area contributed by atoms with Gasteiger partial charge >= 0.3 is 0 Å². The van der Waals surface area contributed by atoms with Crippen LogP contribution in [0.15, 0.2) is 73.3 Å². The Morgan fingerprint density at radius 2 is 1.70 bits per heavy atom. The van der Waals surface area contributed by atoms with Crippen molar-refractivity contribution in [1.29, 1.82) is 0 Å². The Bertz CT molecular complexity index is 1520. The lowest BCUT2D eigenvalue weighted by atomic mass is 10.0. The van der Waals surface area contributed by atoms with Crippen molar-refractivity contribution in [1.82, 2.24) is 19.5 Å². The third kappa shape index (κ3) is 4.76. The molecule has 7 rings (SSSR count). The zero-order valence-electron chi connectivity index (χ0n) is 21.8. The SMILES string of the molecule is CC1(C)O[C@@H]2[C@H](O1)[C@@H](COP1(=S)O[C@H](c3ccccc3)[C@H](c3ccccc3)S1)O[C@H]2n1cnc2c(N)ncnc21. The molecule has 1 unspecified atom stereocenters. The number of aromatic nitrogens is 4. The lowest BCUT2D eigenvalue weighted by Gasteiger charge is -2.25. The summed E-state index contributed by atoms with van der Waals surface area (Å²) in [6.07, 6.45) is 1.02. The minimum absolute atomic E-state index is 0.00637. The molecule has 40 heavy (non-hydrogen) atoms. The van der Waals surface area contributed by atoms with Gasteiger partial charge in [-0.1, -0.05) is 72.0 Å². The lowest BCUT2D eigenvalue weighted by Crippen LogP contribution is -2.32. The normalized spacial score (nSPS) is 33.0. The van der Waals surface area contributed by atoms with Crippen molar-refractivity contribution < 1.29 is 23.3 Å². The van der Waals surface area contributed by atoms with E-state index >= 15 is 0 Å². The summed E-state index contributed by atoms with van der Waals surface area (Å²) in [6, 6.07) is 20.4. The fourth-order valence-electron chi connectivity index (χ4n) is 5.47. The number of benzene rings is 2. The van der Waals surface area contributed by atoms with Crippen molar-refractivity contribution in [3.63, 3.8) is 0 Å². The van der Waals surface area contributed by atoms with Gasteiger partial charge in [0.1, 0.15) is 36.3 Å². The van der Waals surface area contributed by atoms with Gasteiger partial charge in [-0.2, -0.15) is 0 Å². The molecule has 3 fully saturated rings. The van der Waals surface area contributed by atoms with E-state index in [9.17, 15) is 0 Å². The highest BCUT2D eigenvalue weighted by Crippen LogP contribution is 2.77. The van der Waals surface area contributed by atoms with Crippen molar-refractivity contribution in [2.75, 3.05) is 12.3 Å². The van der Waals surface area contributed by atoms with Crippen LogP contribution in [0.4, 0.5) is 5.82 Å². The van der Waals surface area contributed by atoms with Gasteiger partial charge in [0, 0.05) is 0 Å². The summed E-state index contributed by atoms with van der Waals surface area (Å²) in [5.74, 6) is -0.493. The number of ether oxygens (including phenoxy) is 3. The number of nitrogens with two attached hydrogens (primary N) is 1. The van der Waals surface area contributed by atoms with Crippen LogP contribution in [0.1, 0.15) is 42.6 Å². The molecule has 208 valence electrons. The van der Waals surface area contributed by atoms with Gasteiger partial charge in [0.05, 0.1) is 18.2 Å². The molecule has 3 aliphatic rings. The summed E-state index contributed by atoms with van der Waals surface area (Å²) in [5.41, 5.74) is 6.56. The molecule has 2 N–H and O–H groups in total. The molecule has 0 amide bonds. The molecule has 10 nitrogen and oxygen atoms in total. The first-order valence-electron chi connectivity index (χ1n) is 13.0. The molecule has 2 aromatic heterocycles. The zero-order chi connectivity index (χ0) is 27.5. The summed E-state index contributed by atoms with van der Waals surface area (Å²) in [6.45, 7) is 3.96. The third-order valence-electron chi connectivity index (χ3n) is 7.20. The van der Waals surface area contributed by atoms with Gasteiger partial charge in [0.2, 0.25) is 5.69 Å². The van der Waals surface area contributed by atoms with Gasteiger partial charge in [-0.05, 0) is 36.8 Å². The van der Waals surface area contributed by atoms with Crippen molar-refractivity contribution in [2.24, 2.45) is 0 Å². The molecule has 7 atom stereocenters. The first-order chi connectivity index (χ1) is 19.3. The Morgan fingerprint density at radius 3 is 2.45 bits per heavy atom. The fourth-order valence-corrected chi connectivity index (χ4v) is 11.1. The molecule has 2 aromatic carbocycles. The summed E-state index contributed by atoms with van der Waals surface area (Å²) >= 11 is 7.65. The van der Waals surface area contributed by atoms with E-state index in [0.29, 0.717) is 17.0 Å². The highest BCUT2D eigenvalue weighted by molar-refractivity contribution is 8.68. The molecule has 3 saturated heterocycles. The van der Waals surface area contributed by atoms with E-state index in [0.717, 1.165) is 11.1 Å². The van der Waals surface area contributed by atoms with Gasteiger partial charge in [-0.25, -0.2) is 15.0 Å². The first-order valence-corrected chi connectivity index (χ1v) is 17.1. The third-order valence-corrected chi connectivity index (χ3v) is 12.5. The quantitative estimate of drug-likeness (QED) is 0.292. The maximum Gasteiger partial charge on any atom is 0.248 e. The molecule has 0 saturated carbocycles. The highest BCUT2D eigenvalue weighted by Gasteiger charge is 2.57. The second kappa shape index (κ2) is 10.1. The Hall–Kier alpha value is -2.41. The Morgan fingerprint density at radius 1 is 1.00 bits per heavy atom. The molecule has 0 spiro atoms. The number of rotatable bonds is 6. The monoisotopic (exact) mass is 597 g/mol. The number of nitrogen functional groups attached to an aromatic ring is 1. The van der Waals surface area contributed by atoms with Crippen LogP contribution in [0.3, 0.4) is 0 Å². The van der Waals surface area contributed by atoms with Crippen LogP contribution in [0.25, 0.3) is 11.2 Å². The number of fused-ring (bicyclic) bond motifs is 2. The second-order valence-electron chi connectivity index (χ2n) is 10.3. The number of hydrogen-bond acceptors (Lipinski definition) is 11. The van der Waals surface area contributed by atoms with E-state index in [1.807, 2.05) is 54.8 Å². The van der Waals surface area contributed by atoms with Crippen molar-refractivity contribution in [2.45, 2.75) is 55.5 Å². The van der Waals surface area contributed by atoms with Crippen LogP contribution < -0.4 is 5.73 Å². The average molecular weight is 598 g/mol. The predicted octanol–water partition coefficient (Wildman–Crippen LogP) is 5.31. The van der Waals surface area contributed by atoms with E-state index < -0.39 is 29.9 Å². The smallest absolute Gasteiger partial charge is 0.248 e. The van der Waals surface area contributed by atoms with Crippen LogP contribution in [0.2, 0.25) is 0 Å².